The van der Waals surface area contributed by atoms with Gasteiger partial charge in [0.15, 0.2) is 11.6 Å². The van der Waals surface area contributed by atoms with Gasteiger partial charge in [0.2, 0.25) is 0 Å². The maximum absolute atomic E-state index is 4.41. The van der Waals surface area contributed by atoms with E-state index in [9.17, 15) is 0 Å². The monoisotopic (exact) mass is 212 g/mol. The van der Waals surface area contributed by atoms with E-state index in [1.54, 1.807) is 37.2 Å². The maximum atomic E-state index is 4.41. The fourth-order valence-corrected chi connectivity index (χ4v) is 1.40. The summed E-state index contributed by atoms with van der Waals surface area (Å²) in [6.45, 7) is 0. The number of nitrogens with zero attached hydrogens (tertiary/aromatic N) is 4. The molecule has 3 aromatic heterocycles. The van der Waals surface area contributed by atoms with Crippen molar-refractivity contribution in [2.75, 3.05) is 0 Å². The highest BCUT2D eigenvalue weighted by Crippen LogP contribution is 2.15. The van der Waals surface area contributed by atoms with Crippen molar-refractivity contribution in [1.82, 2.24) is 29.9 Å². The van der Waals surface area contributed by atoms with E-state index in [4.69, 9.17) is 0 Å². The minimum Gasteiger partial charge on any atom is -0.343 e. The zero-order valence-electron chi connectivity index (χ0n) is 8.25. The van der Waals surface area contributed by atoms with Crippen molar-refractivity contribution in [1.29, 1.82) is 0 Å². The lowest BCUT2D eigenvalue weighted by atomic mass is 10.3. The third kappa shape index (κ3) is 1.46. The molecule has 0 aliphatic rings. The normalized spacial score (nSPS) is 10.5. The van der Waals surface area contributed by atoms with Crippen molar-refractivity contribution in [3.05, 3.63) is 37.2 Å². The molecule has 6 heteroatoms. The van der Waals surface area contributed by atoms with Crippen LogP contribution < -0.4 is 0 Å². The first kappa shape index (κ1) is 8.78. The SMILES string of the molecule is c1c[nH]c(-c2cncc(-c3ncc[nH]3)n2)n1. The number of imidazole rings is 2. The number of nitrogens with one attached hydrogen (secondary N) is 2. The Hall–Kier alpha value is -2.50. The third-order valence-electron chi connectivity index (χ3n) is 2.12. The molecule has 6 nitrogen and oxygen atoms in total. The Balaban J connectivity index is 2.07. The molecule has 3 aromatic rings. The molecule has 0 spiro atoms. The molecule has 0 unspecified atom stereocenters. The highest BCUT2D eigenvalue weighted by atomic mass is 15.0. The van der Waals surface area contributed by atoms with Crippen LogP contribution in [-0.4, -0.2) is 29.9 Å². The summed E-state index contributed by atoms with van der Waals surface area (Å²) in [4.78, 5) is 22.7. The minimum absolute atomic E-state index is 0.693. The molecule has 2 N–H and O–H groups in total. The average molecular weight is 212 g/mol. The lowest BCUT2D eigenvalue weighted by Crippen LogP contribution is -1.92. The minimum atomic E-state index is 0.693. The third-order valence-corrected chi connectivity index (χ3v) is 2.12. The van der Waals surface area contributed by atoms with Gasteiger partial charge in [0.25, 0.3) is 0 Å². The van der Waals surface area contributed by atoms with E-state index in [1.165, 1.54) is 0 Å². The van der Waals surface area contributed by atoms with E-state index in [2.05, 4.69) is 29.9 Å². The molecule has 3 rings (SSSR count). The van der Waals surface area contributed by atoms with Crippen LogP contribution >= 0.6 is 0 Å². The molecular formula is C10H8N6. The molecule has 78 valence electrons. The van der Waals surface area contributed by atoms with Crippen molar-refractivity contribution >= 4 is 0 Å². The molecule has 0 fully saturated rings. The Labute approximate surface area is 90.8 Å². The second-order valence-electron chi connectivity index (χ2n) is 3.17. The van der Waals surface area contributed by atoms with E-state index < -0.39 is 0 Å². The Morgan fingerprint density at radius 1 is 0.812 bits per heavy atom. The van der Waals surface area contributed by atoms with Crippen LogP contribution in [0.3, 0.4) is 0 Å². The number of hydrogen-bond acceptors (Lipinski definition) is 4. The van der Waals surface area contributed by atoms with Gasteiger partial charge in [-0.1, -0.05) is 0 Å². The molecule has 0 radical (unpaired) electrons. The maximum Gasteiger partial charge on any atom is 0.157 e. The number of aromatic nitrogens is 6. The Morgan fingerprint density at radius 3 is 1.81 bits per heavy atom. The van der Waals surface area contributed by atoms with Gasteiger partial charge < -0.3 is 9.97 Å². The van der Waals surface area contributed by atoms with Crippen LogP contribution in [-0.2, 0) is 0 Å². The molecule has 0 saturated carbocycles. The average Bonchev–Trinajstić information content (AvgIpc) is 3.03. The number of rotatable bonds is 2. The van der Waals surface area contributed by atoms with Crippen LogP contribution in [0.2, 0.25) is 0 Å². The first-order valence-corrected chi connectivity index (χ1v) is 4.75. The van der Waals surface area contributed by atoms with Crippen molar-refractivity contribution in [2.45, 2.75) is 0 Å². The molecular weight excluding hydrogens is 204 g/mol. The molecule has 0 atom stereocenters. The summed E-state index contributed by atoms with van der Waals surface area (Å²) >= 11 is 0. The predicted molar refractivity (Wildman–Crippen MR) is 57.2 cm³/mol. The quantitative estimate of drug-likeness (QED) is 0.669. The molecule has 0 saturated heterocycles. The summed E-state index contributed by atoms with van der Waals surface area (Å²) in [5.41, 5.74) is 1.39. The number of hydrogen-bond donors (Lipinski definition) is 2. The predicted octanol–water partition coefficient (Wildman–Crippen LogP) is 1.26. The van der Waals surface area contributed by atoms with Crippen LogP contribution in [0.15, 0.2) is 37.2 Å². The summed E-state index contributed by atoms with van der Waals surface area (Å²) in [5, 5.41) is 0. The number of aromatic amines is 2. The van der Waals surface area contributed by atoms with Gasteiger partial charge in [0.1, 0.15) is 11.4 Å². The Morgan fingerprint density at radius 2 is 1.38 bits per heavy atom. The van der Waals surface area contributed by atoms with Gasteiger partial charge in [-0.3, -0.25) is 4.98 Å². The van der Waals surface area contributed by atoms with Gasteiger partial charge in [-0.2, -0.15) is 0 Å². The van der Waals surface area contributed by atoms with Crippen LogP contribution in [0, 0.1) is 0 Å². The van der Waals surface area contributed by atoms with Gasteiger partial charge in [0.05, 0.1) is 12.4 Å². The lowest BCUT2D eigenvalue weighted by molar-refractivity contribution is 1.13. The van der Waals surface area contributed by atoms with Crippen molar-refractivity contribution in [3.8, 4) is 23.0 Å². The van der Waals surface area contributed by atoms with E-state index >= 15 is 0 Å². The first-order chi connectivity index (χ1) is 7.93. The molecule has 0 aromatic carbocycles. The smallest absolute Gasteiger partial charge is 0.157 e. The van der Waals surface area contributed by atoms with Gasteiger partial charge in [-0.05, 0) is 0 Å². The van der Waals surface area contributed by atoms with E-state index in [1.807, 2.05) is 0 Å². The summed E-state index contributed by atoms with van der Waals surface area (Å²) < 4.78 is 0. The van der Waals surface area contributed by atoms with E-state index in [0.29, 0.717) is 23.0 Å². The zero-order valence-corrected chi connectivity index (χ0v) is 8.25. The Bertz CT molecular complexity index is 520. The summed E-state index contributed by atoms with van der Waals surface area (Å²) in [6, 6.07) is 0. The van der Waals surface area contributed by atoms with Gasteiger partial charge in [0, 0.05) is 24.8 Å². The highest BCUT2D eigenvalue weighted by molar-refractivity contribution is 5.54. The topological polar surface area (TPSA) is 83.1 Å². The highest BCUT2D eigenvalue weighted by Gasteiger charge is 2.06. The van der Waals surface area contributed by atoms with Crippen LogP contribution in [0.25, 0.3) is 23.0 Å². The summed E-state index contributed by atoms with van der Waals surface area (Å²) in [5.74, 6) is 1.39. The van der Waals surface area contributed by atoms with Crippen LogP contribution in [0.5, 0.6) is 0 Å². The summed E-state index contributed by atoms with van der Waals surface area (Å²) in [6.07, 6.45) is 10.2. The van der Waals surface area contributed by atoms with Gasteiger partial charge in [-0.15, -0.1) is 0 Å². The van der Waals surface area contributed by atoms with Crippen LogP contribution in [0.4, 0.5) is 0 Å². The second-order valence-corrected chi connectivity index (χ2v) is 3.17. The zero-order chi connectivity index (χ0) is 10.8. The standard InChI is InChI=1S/C10H8N6/c1-2-13-9(12-1)7-5-11-6-8(16-7)10-14-3-4-15-10/h1-6H,(H,12,13)(H,14,15). The Kier molecular flexibility index (Phi) is 1.96. The molecule has 16 heavy (non-hydrogen) atoms. The van der Waals surface area contributed by atoms with Crippen molar-refractivity contribution < 1.29 is 0 Å². The molecule has 0 aliphatic heterocycles. The molecule has 0 aliphatic carbocycles. The van der Waals surface area contributed by atoms with Crippen molar-refractivity contribution in [3.63, 3.8) is 0 Å². The molecule has 0 amide bonds. The fraction of sp³-hybridized carbons (Fsp3) is 0. The summed E-state index contributed by atoms with van der Waals surface area (Å²) in [7, 11) is 0. The van der Waals surface area contributed by atoms with Gasteiger partial charge in [-0.25, -0.2) is 15.0 Å². The van der Waals surface area contributed by atoms with Crippen LogP contribution in [0.1, 0.15) is 0 Å². The first-order valence-electron chi connectivity index (χ1n) is 4.75. The van der Waals surface area contributed by atoms with Gasteiger partial charge >= 0.3 is 0 Å². The fourth-order valence-electron chi connectivity index (χ4n) is 1.40. The van der Waals surface area contributed by atoms with E-state index in [0.717, 1.165) is 0 Å². The van der Waals surface area contributed by atoms with E-state index in [-0.39, 0.29) is 0 Å². The molecule has 3 heterocycles. The largest absolute Gasteiger partial charge is 0.343 e. The molecule has 0 bridgehead atoms. The lowest BCUT2D eigenvalue weighted by Gasteiger charge is -1.98. The van der Waals surface area contributed by atoms with Crippen molar-refractivity contribution in [2.24, 2.45) is 0 Å². The number of H-pyrrole nitrogens is 2. The second kappa shape index (κ2) is 3.58.